The summed E-state index contributed by atoms with van der Waals surface area (Å²) in [5, 5.41) is 0. The van der Waals surface area contributed by atoms with Gasteiger partial charge in [0.25, 0.3) is 0 Å². The maximum atomic E-state index is 3.98. The fourth-order valence-corrected chi connectivity index (χ4v) is 3.54. The molecule has 24 heavy (non-hydrogen) atoms. The lowest BCUT2D eigenvalue weighted by atomic mass is 9.85. The topological polar surface area (TPSA) is 6.48 Å². The van der Waals surface area contributed by atoms with Gasteiger partial charge in [0, 0.05) is 24.8 Å². The molecule has 0 bridgehead atoms. The van der Waals surface area contributed by atoms with E-state index in [-0.39, 0.29) is 0 Å². The zero-order valence-electron chi connectivity index (χ0n) is 15.6. The summed E-state index contributed by atoms with van der Waals surface area (Å²) in [5.74, 6) is 0.594. The maximum absolute atomic E-state index is 3.98. The quantitative estimate of drug-likeness (QED) is 0.673. The highest BCUT2D eigenvalue weighted by molar-refractivity contribution is 5.80. The van der Waals surface area contributed by atoms with Crippen LogP contribution in [0.25, 0.3) is 11.6 Å². The molecule has 1 aliphatic rings. The van der Waals surface area contributed by atoms with E-state index < -0.39 is 0 Å². The third-order valence-electron chi connectivity index (χ3n) is 5.14. The molecule has 0 radical (unpaired) electrons. The van der Waals surface area contributed by atoms with Crippen LogP contribution in [-0.4, -0.2) is 38.6 Å². The van der Waals surface area contributed by atoms with E-state index in [4.69, 9.17) is 0 Å². The first-order valence-corrected chi connectivity index (χ1v) is 9.09. The van der Waals surface area contributed by atoms with Crippen LogP contribution in [0.2, 0.25) is 0 Å². The number of likely N-dealkylation sites (tertiary alicyclic amines) is 1. The first-order chi connectivity index (χ1) is 11.6. The second kappa shape index (κ2) is 8.89. The lowest BCUT2D eigenvalue weighted by molar-refractivity contribution is 0.347. The fraction of sp³-hybridized carbons (Fsp3) is 0.455. The molecular weight excluding hydrogens is 292 g/mol. The molecule has 1 heterocycles. The minimum absolute atomic E-state index is 0.594. The van der Waals surface area contributed by atoms with Gasteiger partial charge >= 0.3 is 0 Å². The van der Waals surface area contributed by atoms with Crippen LogP contribution in [0.5, 0.6) is 0 Å². The van der Waals surface area contributed by atoms with Gasteiger partial charge in [0.15, 0.2) is 0 Å². The Balaban J connectivity index is 2.48. The number of benzene rings is 1. The molecule has 0 spiro atoms. The van der Waals surface area contributed by atoms with E-state index >= 15 is 0 Å². The van der Waals surface area contributed by atoms with Crippen LogP contribution in [0, 0.1) is 5.92 Å². The molecule has 1 saturated heterocycles. The van der Waals surface area contributed by atoms with Crippen LogP contribution >= 0.6 is 0 Å². The molecule has 0 aromatic heterocycles. The van der Waals surface area contributed by atoms with Crippen molar-refractivity contribution in [1.82, 2.24) is 4.90 Å². The Morgan fingerprint density at radius 2 is 2.08 bits per heavy atom. The molecule has 2 rings (SSSR count). The highest BCUT2D eigenvalue weighted by Crippen LogP contribution is 2.37. The van der Waals surface area contributed by atoms with Gasteiger partial charge in [-0.25, -0.2) is 0 Å². The van der Waals surface area contributed by atoms with Crippen molar-refractivity contribution >= 4 is 17.3 Å². The molecule has 0 amide bonds. The van der Waals surface area contributed by atoms with E-state index in [2.05, 4.69) is 68.3 Å². The van der Waals surface area contributed by atoms with Gasteiger partial charge in [-0.3, -0.25) is 0 Å². The molecule has 2 heteroatoms. The minimum Gasteiger partial charge on any atom is -0.374 e. The number of hydrogen-bond donors (Lipinski definition) is 0. The van der Waals surface area contributed by atoms with Crippen molar-refractivity contribution in [2.24, 2.45) is 5.92 Å². The predicted molar refractivity (Wildman–Crippen MR) is 108 cm³/mol. The van der Waals surface area contributed by atoms with Crippen LogP contribution in [-0.2, 0) is 0 Å². The fourth-order valence-electron chi connectivity index (χ4n) is 3.54. The van der Waals surface area contributed by atoms with Gasteiger partial charge in [-0.15, -0.1) is 0 Å². The summed E-state index contributed by atoms with van der Waals surface area (Å²) in [6.45, 7) is 13.5. The summed E-state index contributed by atoms with van der Waals surface area (Å²) in [4.78, 5) is 4.77. The Labute approximate surface area is 148 Å². The summed E-state index contributed by atoms with van der Waals surface area (Å²) in [5.41, 5.74) is 5.25. The van der Waals surface area contributed by atoms with Gasteiger partial charge in [0.05, 0.1) is 0 Å². The van der Waals surface area contributed by atoms with Gasteiger partial charge in [0.2, 0.25) is 0 Å². The molecule has 130 valence electrons. The Hall–Kier alpha value is -1.80. The molecular formula is C22H32N2. The van der Waals surface area contributed by atoms with Gasteiger partial charge in [-0.2, -0.15) is 0 Å². The van der Waals surface area contributed by atoms with Crippen molar-refractivity contribution in [2.45, 2.75) is 26.2 Å². The van der Waals surface area contributed by atoms with E-state index in [0.29, 0.717) is 5.92 Å². The van der Waals surface area contributed by atoms with E-state index in [9.17, 15) is 0 Å². The highest BCUT2D eigenvalue weighted by atomic mass is 15.1. The molecule has 1 atom stereocenters. The molecule has 1 aliphatic heterocycles. The van der Waals surface area contributed by atoms with E-state index in [1.165, 1.54) is 54.7 Å². The van der Waals surface area contributed by atoms with Crippen molar-refractivity contribution < 1.29 is 0 Å². The van der Waals surface area contributed by atoms with E-state index in [1.807, 2.05) is 12.2 Å². The summed E-state index contributed by atoms with van der Waals surface area (Å²) in [6, 6.07) is 6.68. The zero-order chi connectivity index (χ0) is 17.5. The SMILES string of the molecule is C=C/C=C(\c1cc(C=C)ccc1N(C)CC)C1CCCN(C)CC1. The Kier molecular flexibility index (Phi) is 6.86. The van der Waals surface area contributed by atoms with E-state index in [1.54, 1.807) is 0 Å². The van der Waals surface area contributed by atoms with Crippen LogP contribution in [0.4, 0.5) is 5.69 Å². The minimum atomic E-state index is 0.594. The first-order valence-electron chi connectivity index (χ1n) is 9.09. The molecule has 1 aromatic rings. The third-order valence-corrected chi connectivity index (χ3v) is 5.14. The Bertz CT molecular complexity index is 600. The van der Waals surface area contributed by atoms with Crippen LogP contribution in [0.1, 0.15) is 37.3 Å². The summed E-state index contributed by atoms with van der Waals surface area (Å²) >= 11 is 0. The summed E-state index contributed by atoms with van der Waals surface area (Å²) < 4.78 is 0. The second-order valence-electron chi connectivity index (χ2n) is 6.78. The lowest BCUT2D eigenvalue weighted by Gasteiger charge is -2.26. The van der Waals surface area contributed by atoms with Crippen LogP contribution in [0.3, 0.4) is 0 Å². The normalized spacial score (nSPS) is 19.6. The number of hydrogen-bond acceptors (Lipinski definition) is 2. The lowest BCUT2D eigenvalue weighted by Crippen LogP contribution is -2.20. The van der Waals surface area contributed by atoms with Crippen molar-refractivity contribution in [3.63, 3.8) is 0 Å². The van der Waals surface area contributed by atoms with Gasteiger partial charge in [0.1, 0.15) is 0 Å². The number of nitrogens with zero attached hydrogens (tertiary/aromatic N) is 2. The van der Waals surface area contributed by atoms with Crippen LogP contribution in [0.15, 0.2) is 43.5 Å². The Morgan fingerprint density at radius 3 is 2.75 bits per heavy atom. The first kappa shape index (κ1) is 18.5. The van der Waals surface area contributed by atoms with Gasteiger partial charge < -0.3 is 9.80 Å². The van der Waals surface area contributed by atoms with Crippen molar-refractivity contribution in [2.75, 3.05) is 38.6 Å². The zero-order valence-corrected chi connectivity index (χ0v) is 15.6. The standard InChI is InChI=1S/C22H32N2/c1-6-10-20(19-11-9-15-23(4)16-14-19)21-17-18(7-2)12-13-22(21)24(5)8-3/h6-7,10,12-13,17,19H,1-2,8-9,11,14-16H2,3-5H3/b20-10-. The third kappa shape index (κ3) is 4.39. The smallest absolute Gasteiger partial charge is 0.0440 e. The number of anilines is 1. The average molecular weight is 325 g/mol. The molecule has 1 fully saturated rings. The van der Waals surface area contributed by atoms with Crippen molar-refractivity contribution in [3.05, 3.63) is 54.6 Å². The molecule has 0 saturated carbocycles. The number of rotatable bonds is 6. The van der Waals surface area contributed by atoms with Gasteiger partial charge in [-0.05, 0) is 75.5 Å². The molecule has 1 unspecified atom stereocenters. The largest absolute Gasteiger partial charge is 0.374 e. The van der Waals surface area contributed by atoms with Crippen molar-refractivity contribution in [3.8, 4) is 0 Å². The van der Waals surface area contributed by atoms with Gasteiger partial charge in [-0.1, -0.05) is 37.5 Å². The molecule has 1 aromatic carbocycles. The predicted octanol–water partition coefficient (Wildman–Crippen LogP) is 5.09. The molecule has 2 nitrogen and oxygen atoms in total. The Morgan fingerprint density at radius 1 is 1.29 bits per heavy atom. The highest BCUT2D eigenvalue weighted by Gasteiger charge is 2.22. The molecule has 0 aliphatic carbocycles. The number of allylic oxidation sites excluding steroid dienone is 3. The van der Waals surface area contributed by atoms with Crippen LogP contribution < -0.4 is 4.90 Å². The second-order valence-corrected chi connectivity index (χ2v) is 6.78. The maximum Gasteiger partial charge on any atom is 0.0440 e. The monoisotopic (exact) mass is 324 g/mol. The summed E-state index contributed by atoms with van der Waals surface area (Å²) in [7, 11) is 4.40. The van der Waals surface area contributed by atoms with E-state index in [0.717, 1.165) is 6.54 Å². The average Bonchev–Trinajstić information content (AvgIpc) is 2.83. The molecule has 0 N–H and O–H groups in total. The summed E-state index contributed by atoms with van der Waals surface area (Å²) in [6.07, 6.45) is 9.83. The van der Waals surface area contributed by atoms with Crippen molar-refractivity contribution in [1.29, 1.82) is 0 Å².